The molecule has 0 amide bonds. The summed E-state index contributed by atoms with van der Waals surface area (Å²) in [7, 11) is 0. The van der Waals surface area contributed by atoms with Gasteiger partial charge in [-0.15, -0.1) is 0 Å². The van der Waals surface area contributed by atoms with Gasteiger partial charge in [0.05, 0.1) is 12.0 Å². The van der Waals surface area contributed by atoms with Gasteiger partial charge in [0.1, 0.15) is 0 Å². The number of rotatable bonds is 4. The number of carbonyl (C=O) groups is 1. The summed E-state index contributed by atoms with van der Waals surface area (Å²) in [6.45, 7) is 3.27. The Bertz CT molecular complexity index is 178. The second-order valence-electron chi connectivity index (χ2n) is 2.54. The van der Waals surface area contributed by atoms with E-state index in [1.807, 2.05) is 0 Å². The Morgan fingerprint density at radius 1 is 1.64 bits per heavy atom. The molecule has 0 rings (SSSR count). The van der Waals surface area contributed by atoms with Gasteiger partial charge in [-0.1, -0.05) is 6.92 Å². The molecule has 0 aromatic heterocycles. The molecule has 0 spiro atoms. The number of isocyanates is 1. The molecule has 1 N–H and O–H groups in total. The summed E-state index contributed by atoms with van der Waals surface area (Å²) in [5, 5.41) is 8.46. The van der Waals surface area contributed by atoms with E-state index in [4.69, 9.17) is 5.11 Å². The zero-order valence-corrected chi connectivity index (χ0v) is 6.57. The summed E-state index contributed by atoms with van der Waals surface area (Å²) >= 11 is 0. The molecule has 0 fully saturated rings. The Kier molecular flexibility index (Phi) is 4.15. The van der Waals surface area contributed by atoms with Crippen LogP contribution in [0.3, 0.4) is 0 Å². The number of hydrogen-bond donors (Lipinski definition) is 1. The van der Waals surface area contributed by atoms with Crippen molar-refractivity contribution in [3.8, 4) is 0 Å². The van der Waals surface area contributed by atoms with Crippen molar-refractivity contribution in [3.05, 3.63) is 0 Å². The van der Waals surface area contributed by atoms with E-state index in [-0.39, 0.29) is 6.04 Å². The number of aliphatic carboxylic acids is 1. The first kappa shape index (κ1) is 9.85. The molecule has 2 atom stereocenters. The molecule has 0 aromatic rings. The maximum Gasteiger partial charge on any atom is 0.306 e. The highest BCUT2D eigenvalue weighted by Crippen LogP contribution is 2.07. The van der Waals surface area contributed by atoms with Gasteiger partial charge in [0.2, 0.25) is 6.08 Å². The zero-order chi connectivity index (χ0) is 8.85. The Hall–Kier alpha value is -1.15. The first-order valence-corrected chi connectivity index (χ1v) is 3.37. The summed E-state index contributed by atoms with van der Waals surface area (Å²) < 4.78 is 0. The molecule has 0 radical (unpaired) electrons. The Labute approximate surface area is 64.9 Å². The fourth-order valence-corrected chi connectivity index (χ4v) is 0.755. The molecule has 4 nitrogen and oxygen atoms in total. The Morgan fingerprint density at radius 3 is 2.55 bits per heavy atom. The second-order valence-corrected chi connectivity index (χ2v) is 2.54. The van der Waals surface area contributed by atoms with Crippen molar-refractivity contribution < 1.29 is 14.7 Å². The number of carbonyl (C=O) groups excluding carboxylic acids is 1. The summed E-state index contributed by atoms with van der Waals surface area (Å²) in [6, 6.07) is -0.251. The highest BCUT2D eigenvalue weighted by Gasteiger charge is 2.13. The third-order valence-electron chi connectivity index (χ3n) is 1.39. The van der Waals surface area contributed by atoms with E-state index in [0.29, 0.717) is 6.42 Å². The minimum Gasteiger partial charge on any atom is -0.481 e. The van der Waals surface area contributed by atoms with Crippen LogP contribution in [0.4, 0.5) is 0 Å². The van der Waals surface area contributed by atoms with Gasteiger partial charge < -0.3 is 5.11 Å². The second kappa shape index (κ2) is 4.63. The van der Waals surface area contributed by atoms with Gasteiger partial charge in [0.15, 0.2) is 0 Å². The van der Waals surface area contributed by atoms with Crippen molar-refractivity contribution in [3.63, 3.8) is 0 Å². The predicted molar refractivity (Wildman–Crippen MR) is 39.0 cm³/mol. The van der Waals surface area contributed by atoms with Gasteiger partial charge in [-0.2, -0.15) is 0 Å². The maximum atomic E-state index is 10.3. The SMILES string of the molecule is CC(CC(C)C(=O)O)N=C=O. The average Bonchev–Trinajstić information content (AvgIpc) is 1.87. The summed E-state index contributed by atoms with van der Waals surface area (Å²) in [5.41, 5.74) is 0. The third kappa shape index (κ3) is 4.28. The molecule has 2 unspecified atom stereocenters. The third-order valence-corrected chi connectivity index (χ3v) is 1.39. The number of carboxylic acid groups (broad SMARTS) is 1. The van der Waals surface area contributed by atoms with Crippen LogP contribution in [-0.2, 0) is 9.59 Å². The van der Waals surface area contributed by atoms with E-state index in [1.165, 1.54) is 6.08 Å². The molecule has 0 aliphatic heterocycles. The lowest BCUT2D eigenvalue weighted by Crippen LogP contribution is -2.14. The molecule has 0 aliphatic carbocycles. The maximum absolute atomic E-state index is 10.3. The smallest absolute Gasteiger partial charge is 0.306 e. The number of nitrogens with zero attached hydrogens (tertiary/aromatic N) is 1. The largest absolute Gasteiger partial charge is 0.481 e. The van der Waals surface area contributed by atoms with Crippen molar-refractivity contribution in [2.24, 2.45) is 10.9 Å². The minimum atomic E-state index is -0.863. The summed E-state index contributed by atoms with van der Waals surface area (Å²) in [6.07, 6.45) is 1.77. The van der Waals surface area contributed by atoms with Crippen LogP contribution in [0.1, 0.15) is 20.3 Å². The normalized spacial score (nSPS) is 14.7. The highest BCUT2D eigenvalue weighted by molar-refractivity contribution is 5.69. The van der Waals surface area contributed by atoms with Crippen molar-refractivity contribution in [2.75, 3.05) is 0 Å². The van der Waals surface area contributed by atoms with Gasteiger partial charge in [-0.25, -0.2) is 9.79 Å². The van der Waals surface area contributed by atoms with E-state index >= 15 is 0 Å². The molecule has 11 heavy (non-hydrogen) atoms. The number of aliphatic imine (C=N–C) groups is 1. The molecular formula is C7H11NO3. The van der Waals surface area contributed by atoms with Gasteiger partial charge in [0.25, 0.3) is 0 Å². The summed E-state index contributed by atoms with van der Waals surface area (Å²) in [5.74, 6) is -1.32. The topological polar surface area (TPSA) is 66.7 Å². The van der Waals surface area contributed by atoms with Gasteiger partial charge in [0, 0.05) is 0 Å². The van der Waals surface area contributed by atoms with Crippen LogP contribution in [0, 0.1) is 5.92 Å². The molecule has 4 heteroatoms. The van der Waals surface area contributed by atoms with Gasteiger partial charge in [-0.05, 0) is 13.3 Å². The van der Waals surface area contributed by atoms with Crippen LogP contribution in [0.5, 0.6) is 0 Å². The quantitative estimate of drug-likeness (QED) is 0.485. The van der Waals surface area contributed by atoms with E-state index in [9.17, 15) is 9.59 Å². The lowest BCUT2D eigenvalue weighted by molar-refractivity contribution is -0.141. The van der Waals surface area contributed by atoms with Crippen LogP contribution < -0.4 is 0 Å². The molecule has 0 saturated carbocycles. The molecular weight excluding hydrogens is 146 g/mol. The summed E-state index contributed by atoms with van der Waals surface area (Å²) in [4.78, 5) is 23.4. The lowest BCUT2D eigenvalue weighted by Gasteiger charge is -2.06. The molecule has 62 valence electrons. The first-order chi connectivity index (χ1) is 5.07. The van der Waals surface area contributed by atoms with Crippen molar-refractivity contribution in [1.82, 2.24) is 0 Å². The molecule has 0 bridgehead atoms. The zero-order valence-electron chi connectivity index (χ0n) is 6.57. The number of carboxylic acids is 1. The van der Waals surface area contributed by atoms with Gasteiger partial charge >= 0.3 is 5.97 Å². The fraction of sp³-hybridized carbons (Fsp3) is 0.714. The van der Waals surface area contributed by atoms with Crippen molar-refractivity contribution in [1.29, 1.82) is 0 Å². The first-order valence-electron chi connectivity index (χ1n) is 3.37. The van der Waals surface area contributed by atoms with E-state index in [2.05, 4.69) is 4.99 Å². The Balaban J connectivity index is 3.84. The molecule has 0 heterocycles. The average molecular weight is 157 g/mol. The Morgan fingerprint density at radius 2 is 2.18 bits per heavy atom. The number of hydrogen-bond acceptors (Lipinski definition) is 3. The van der Waals surface area contributed by atoms with Crippen LogP contribution in [-0.4, -0.2) is 23.2 Å². The molecule has 0 aromatic carbocycles. The van der Waals surface area contributed by atoms with Gasteiger partial charge in [-0.3, -0.25) is 4.79 Å². The van der Waals surface area contributed by atoms with Crippen LogP contribution in [0.15, 0.2) is 4.99 Å². The highest BCUT2D eigenvalue weighted by atomic mass is 16.4. The monoisotopic (exact) mass is 157 g/mol. The van der Waals surface area contributed by atoms with Crippen molar-refractivity contribution in [2.45, 2.75) is 26.3 Å². The van der Waals surface area contributed by atoms with Crippen LogP contribution in [0.25, 0.3) is 0 Å². The molecule has 0 aliphatic rings. The predicted octanol–water partition coefficient (Wildman–Crippen LogP) is 0.821. The standard InChI is InChI=1S/C7H11NO3/c1-5(7(10)11)3-6(2)8-4-9/h5-6H,3H2,1-2H3,(H,10,11). The minimum absolute atomic E-state index is 0.251. The fourth-order valence-electron chi connectivity index (χ4n) is 0.755. The van der Waals surface area contributed by atoms with Crippen LogP contribution >= 0.6 is 0 Å². The van der Waals surface area contributed by atoms with Crippen LogP contribution in [0.2, 0.25) is 0 Å². The lowest BCUT2D eigenvalue weighted by atomic mass is 10.0. The van der Waals surface area contributed by atoms with Crippen molar-refractivity contribution >= 4 is 12.0 Å². The van der Waals surface area contributed by atoms with E-state index in [1.54, 1.807) is 13.8 Å². The van der Waals surface area contributed by atoms with E-state index in [0.717, 1.165) is 0 Å². The van der Waals surface area contributed by atoms with E-state index < -0.39 is 11.9 Å². The molecule has 0 saturated heterocycles.